The van der Waals surface area contributed by atoms with E-state index in [0.29, 0.717) is 46.6 Å². The predicted molar refractivity (Wildman–Crippen MR) is 141 cm³/mol. The highest BCUT2D eigenvalue weighted by atomic mass is 16.5. The minimum Gasteiger partial charge on any atom is -0.493 e. The molecule has 0 spiro atoms. The highest BCUT2D eigenvalue weighted by molar-refractivity contribution is 5.74. The number of methoxy groups -OCH3 is 3. The molecule has 37 heavy (non-hydrogen) atoms. The van der Waals surface area contributed by atoms with Crippen LogP contribution in [0.25, 0.3) is 11.2 Å². The molecule has 0 aliphatic carbocycles. The fourth-order valence-corrected chi connectivity index (χ4v) is 4.92. The van der Waals surface area contributed by atoms with E-state index in [-0.39, 0.29) is 0 Å². The normalized spacial score (nSPS) is 16.3. The van der Waals surface area contributed by atoms with Crippen LogP contribution in [0.15, 0.2) is 36.8 Å². The number of aliphatic hydroxyl groups is 1. The van der Waals surface area contributed by atoms with Crippen LogP contribution in [-0.4, -0.2) is 63.2 Å². The molecule has 5 rings (SSSR count). The number of nitrogens with zero attached hydrogens (tertiary/aromatic N) is 6. The average molecular weight is 508 g/mol. The van der Waals surface area contributed by atoms with Crippen LogP contribution in [-0.2, 0) is 0 Å². The number of imidazole rings is 1. The molecule has 0 radical (unpaired) electrons. The second-order valence-electron chi connectivity index (χ2n) is 9.06. The molecule has 1 aliphatic rings. The van der Waals surface area contributed by atoms with Crippen molar-refractivity contribution in [1.29, 1.82) is 0 Å². The first-order chi connectivity index (χ1) is 18.0. The fourth-order valence-electron chi connectivity index (χ4n) is 4.92. The molecule has 3 aromatic heterocycles. The van der Waals surface area contributed by atoms with Gasteiger partial charge in [0, 0.05) is 24.7 Å². The van der Waals surface area contributed by atoms with Crippen molar-refractivity contribution in [3.63, 3.8) is 0 Å². The largest absolute Gasteiger partial charge is 0.493 e. The van der Waals surface area contributed by atoms with Crippen molar-refractivity contribution in [1.82, 2.24) is 24.1 Å². The predicted octanol–water partition coefficient (Wildman–Crippen LogP) is 4.12. The van der Waals surface area contributed by atoms with Crippen LogP contribution in [0.4, 0.5) is 17.6 Å². The highest BCUT2D eigenvalue weighted by Gasteiger charge is 2.27. The topological polar surface area (TPSA) is 111 Å². The van der Waals surface area contributed by atoms with E-state index in [9.17, 15) is 5.11 Å². The van der Waals surface area contributed by atoms with E-state index in [1.54, 1.807) is 39.1 Å². The molecule has 1 fully saturated rings. The zero-order chi connectivity index (χ0) is 26.1. The molecule has 0 amide bonds. The number of fused-ring (bicyclic) bond motifs is 1. The van der Waals surface area contributed by atoms with E-state index in [1.165, 1.54) is 0 Å². The third-order valence-electron chi connectivity index (χ3n) is 6.84. The molecule has 1 unspecified atom stereocenters. The Morgan fingerprint density at radius 2 is 1.89 bits per heavy atom. The standard InChI is InChI=1S/C26H33N7O4/c1-6-17-8-7-11-32(17)26-29-25(20-10-9-19(16(2)34)33(20)30-26)28-23-14-31(15-27-23)18-12-21(35-3)24(37-5)22(13-18)36-4/h9-10,12-17,34H,6-8,11H2,1-5H3,(H,28,29,30)/t16?,17-/m1/s1. The van der Waals surface area contributed by atoms with Crippen molar-refractivity contribution in [3.05, 3.63) is 42.5 Å². The van der Waals surface area contributed by atoms with Gasteiger partial charge in [0.2, 0.25) is 11.7 Å². The molecule has 0 saturated carbocycles. The van der Waals surface area contributed by atoms with Gasteiger partial charge in [0.25, 0.3) is 0 Å². The molecule has 4 aromatic rings. The van der Waals surface area contributed by atoms with Crippen molar-refractivity contribution in [2.75, 3.05) is 38.1 Å². The van der Waals surface area contributed by atoms with Gasteiger partial charge in [-0.1, -0.05) is 6.92 Å². The molecule has 11 nitrogen and oxygen atoms in total. The molecule has 0 bridgehead atoms. The minimum atomic E-state index is -0.669. The van der Waals surface area contributed by atoms with Crippen molar-refractivity contribution < 1.29 is 19.3 Å². The Hall–Kier alpha value is -3.99. The molecule has 1 aliphatic heterocycles. The summed E-state index contributed by atoms with van der Waals surface area (Å²) in [5.74, 6) is 3.50. The van der Waals surface area contributed by atoms with Crippen molar-refractivity contribution in [2.45, 2.75) is 45.3 Å². The Morgan fingerprint density at radius 3 is 2.54 bits per heavy atom. The Morgan fingerprint density at radius 1 is 1.14 bits per heavy atom. The van der Waals surface area contributed by atoms with Crippen LogP contribution < -0.4 is 24.4 Å². The molecule has 11 heteroatoms. The summed E-state index contributed by atoms with van der Waals surface area (Å²) in [6.45, 7) is 4.83. The van der Waals surface area contributed by atoms with E-state index in [4.69, 9.17) is 24.3 Å². The average Bonchev–Trinajstić information content (AvgIpc) is 3.67. The van der Waals surface area contributed by atoms with Gasteiger partial charge >= 0.3 is 0 Å². The Kier molecular flexibility index (Phi) is 6.79. The minimum absolute atomic E-state index is 0.398. The summed E-state index contributed by atoms with van der Waals surface area (Å²) in [4.78, 5) is 11.7. The molecular weight excluding hydrogens is 474 g/mol. The lowest BCUT2D eigenvalue weighted by Crippen LogP contribution is -2.31. The van der Waals surface area contributed by atoms with Crippen molar-refractivity contribution in [2.24, 2.45) is 0 Å². The second-order valence-corrected chi connectivity index (χ2v) is 9.06. The van der Waals surface area contributed by atoms with Crippen LogP contribution in [0.1, 0.15) is 44.9 Å². The summed E-state index contributed by atoms with van der Waals surface area (Å²) in [6, 6.07) is 7.89. The Balaban J connectivity index is 1.53. The highest BCUT2D eigenvalue weighted by Crippen LogP contribution is 2.39. The van der Waals surface area contributed by atoms with Gasteiger partial charge in [0.1, 0.15) is 17.7 Å². The van der Waals surface area contributed by atoms with Crippen LogP contribution in [0.2, 0.25) is 0 Å². The number of hydrogen-bond donors (Lipinski definition) is 2. The first-order valence-corrected chi connectivity index (χ1v) is 12.4. The van der Waals surface area contributed by atoms with E-state index < -0.39 is 6.10 Å². The number of aromatic nitrogens is 5. The summed E-state index contributed by atoms with van der Waals surface area (Å²) < 4.78 is 20.1. The van der Waals surface area contributed by atoms with Gasteiger partial charge in [-0.05, 0) is 38.3 Å². The van der Waals surface area contributed by atoms with E-state index in [0.717, 1.165) is 37.0 Å². The molecule has 4 heterocycles. The van der Waals surface area contributed by atoms with E-state index >= 15 is 0 Å². The molecule has 2 N–H and O–H groups in total. The van der Waals surface area contributed by atoms with Gasteiger partial charge in [-0.25, -0.2) is 9.50 Å². The summed E-state index contributed by atoms with van der Waals surface area (Å²) in [5, 5.41) is 18.5. The molecular formula is C26H33N7O4. The van der Waals surface area contributed by atoms with Crippen LogP contribution in [0.5, 0.6) is 17.2 Å². The quantitative estimate of drug-likeness (QED) is 0.346. The maximum absolute atomic E-state index is 10.3. The summed E-state index contributed by atoms with van der Waals surface area (Å²) >= 11 is 0. The summed E-state index contributed by atoms with van der Waals surface area (Å²) in [6.07, 6.45) is 6.15. The first kappa shape index (κ1) is 24.7. The third kappa shape index (κ3) is 4.50. The zero-order valence-electron chi connectivity index (χ0n) is 21.8. The zero-order valence-corrected chi connectivity index (χ0v) is 21.8. The second kappa shape index (κ2) is 10.2. The van der Waals surface area contributed by atoms with Gasteiger partial charge in [-0.2, -0.15) is 4.98 Å². The van der Waals surface area contributed by atoms with Crippen molar-refractivity contribution in [3.8, 4) is 22.9 Å². The van der Waals surface area contributed by atoms with Crippen LogP contribution in [0.3, 0.4) is 0 Å². The summed E-state index contributed by atoms with van der Waals surface area (Å²) in [5.41, 5.74) is 2.26. The SMILES string of the molecule is CC[C@@H]1CCCN1c1nc(Nc2cn(-c3cc(OC)c(OC)c(OC)c3)cn2)c2ccc(C(C)O)n2n1. The fraction of sp³-hybridized carbons (Fsp3) is 0.423. The Labute approximate surface area is 215 Å². The lowest BCUT2D eigenvalue weighted by molar-refractivity contribution is 0.192. The number of hydrogen-bond acceptors (Lipinski definition) is 9. The lowest BCUT2D eigenvalue weighted by Gasteiger charge is -2.24. The van der Waals surface area contributed by atoms with Gasteiger partial charge in [0.15, 0.2) is 17.3 Å². The van der Waals surface area contributed by atoms with Gasteiger partial charge < -0.3 is 34.1 Å². The van der Waals surface area contributed by atoms with Crippen LogP contribution >= 0.6 is 0 Å². The van der Waals surface area contributed by atoms with E-state index in [1.807, 2.05) is 35.0 Å². The van der Waals surface area contributed by atoms with Crippen molar-refractivity contribution >= 4 is 23.1 Å². The number of ether oxygens (including phenoxy) is 3. The molecule has 1 saturated heterocycles. The number of aliphatic hydroxyl groups excluding tert-OH is 1. The molecule has 196 valence electrons. The summed E-state index contributed by atoms with van der Waals surface area (Å²) in [7, 11) is 4.75. The number of nitrogens with one attached hydrogen (secondary N) is 1. The smallest absolute Gasteiger partial charge is 0.245 e. The maximum Gasteiger partial charge on any atom is 0.245 e. The molecule has 2 atom stereocenters. The van der Waals surface area contributed by atoms with Gasteiger partial charge in [-0.15, -0.1) is 5.10 Å². The monoisotopic (exact) mass is 507 g/mol. The van der Waals surface area contributed by atoms with Crippen LogP contribution in [0, 0.1) is 0 Å². The number of rotatable bonds is 9. The first-order valence-electron chi connectivity index (χ1n) is 12.4. The van der Waals surface area contributed by atoms with Gasteiger partial charge in [0.05, 0.1) is 45.0 Å². The lowest BCUT2D eigenvalue weighted by atomic mass is 10.2. The Bertz CT molecular complexity index is 1370. The molecule has 1 aromatic carbocycles. The number of anilines is 3. The van der Waals surface area contributed by atoms with Gasteiger partial charge in [-0.3, -0.25) is 0 Å². The number of benzene rings is 1. The van der Waals surface area contributed by atoms with E-state index in [2.05, 4.69) is 22.1 Å². The maximum atomic E-state index is 10.3. The third-order valence-corrected chi connectivity index (χ3v) is 6.84.